The number of anilines is 1. The van der Waals surface area contributed by atoms with E-state index in [0.29, 0.717) is 12.4 Å². The SMILES string of the molecule is CCOc1ccc(S(=O)(=O)NC(Cc2ccccc2)C(=O)Nc2c(Cl)cccc2Cl)cc1Cl. The molecule has 0 spiro atoms. The van der Waals surface area contributed by atoms with Gasteiger partial charge in [-0.25, -0.2) is 8.42 Å². The number of benzene rings is 3. The molecule has 0 aliphatic heterocycles. The van der Waals surface area contributed by atoms with Gasteiger partial charge in [0.1, 0.15) is 11.8 Å². The number of halogens is 3. The fraction of sp³-hybridized carbons (Fsp3) is 0.174. The number of rotatable bonds is 9. The molecule has 0 aliphatic rings. The van der Waals surface area contributed by atoms with Crippen LogP contribution in [-0.4, -0.2) is 27.0 Å². The highest BCUT2D eigenvalue weighted by Crippen LogP contribution is 2.30. The molecular formula is C23H21Cl3N2O4S. The molecule has 0 radical (unpaired) electrons. The molecule has 33 heavy (non-hydrogen) atoms. The average molecular weight is 528 g/mol. The molecular weight excluding hydrogens is 507 g/mol. The molecule has 6 nitrogen and oxygen atoms in total. The Labute approximate surface area is 207 Å². The van der Waals surface area contributed by atoms with Crippen LogP contribution in [-0.2, 0) is 21.2 Å². The first-order valence-corrected chi connectivity index (χ1v) is 12.6. The van der Waals surface area contributed by atoms with Crippen molar-refractivity contribution in [1.29, 1.82) is 0 Å². The molecule has 0 aromatic heterocycles. The maximum Gasteiger partial charge on any atom is 0.242 e. The van der Waals surface area contributed by atoms with Crippen LogP contribution >= 0.6 is 34.8 Å². The van der Waals surface area contributed by atoms with Gasteiger partial charge in [0.25, 0.3) is 0 Å². The van der Waals surface area contributed by atoms with Crippen molar-refractivity contribution in [2.75, 3.05) is 11.9 Å². The molecule has 10 heteroatoms. The minimum Gasteiger partial charge on any atom is -0.492 e. The van der Waals surface area contributed by atoms with Gasteiger partial charge in [-0.3, -0.25) is 4.79 Å². The average Bonchev–Trinajstić information content (AvgIpc) is 2.78. The predicted octanol–water partition coefficient (Wildman–Crippen LogP) is 5.57. The summed E-state index contributed by atoms with van der Waals surface area (Å²) in [7, 11) is -4.11. The Balaban J connectivity index is 1.90. The summed E-state index contributed by atoms with van der Waals surface area (Å²) in [5, 5.41) is 3.24. The molecule has 0 heterocycles. The number of carbonyl (C=O) groups is 1. The van der Waals surface area contributed by atoms with E-state index in [-0.39, 0.29) is 32.1 Å². The summed E-state index contributed by atoms with van der Waals surface area (Å²) in [5.74, 6) is -0.250. The van der Waals surface area contributed by atoms with Crippen LogP contribution < -0.4 is 14.8 Å². The molecule has 0 saturated heterocycles. The number of amides is 1. The number of sulfonamides is 1. The highest BCUT2D eigenvalue weighted by molar-refractivity contribution is 7.89. The monoisotopic (exact) mass is 526 g/mol. The summed E-state index contributed by atoms with van der Waals surface area (Å²) in [6.07, 6.45) is 0.0960. The van der Waals surface area contributed by atoms with Crippen molar-refractivity contribution in [3.8, 4) is 5.75 Å². The van der Waals surface area contributed by atoms with Gasteiger partial charge in [-0.05, 0) is 49.2 Å². The summed E-state index contributed by atoms with van der Waals surface area (Å²) >= 11 is 18.5. The summed E-state index contributed by atoms with van der Waals surface area (Å²) in [5.41, 5.74) is 0.961. The summed E-state index contributed by atoms with van der Waals surface area (Å²) in [6.45, 7) is 2.18. The van der Waals surface area contributed by atoms with Gasteiger partial charge in [0.15, 0.2) is 0 Å². The molecule has 0 fully saturated rings. The third-order valence-electron chi connectivity index (χ3n) is 4.62. The fourth-order valence-electron chi connectivity index (χ4n) is 3.04. The van der Waals surface area contributed by atoms with Crippen molar-refractivity contribution in [3.63, 3.8) is 0 Å². The van der Waals surface area contributed by atoms with Crippen LogP contribution in [0.3, 0.4) is 0 Å². The Morgan fingerprint density at radius 1 is 0.939 bits per heavy atom. The number of carbonyl (C=O) groups excluding carboxylic acids is 1. The van der Waals surface area contributed by atoms with E-state index in [1.165, 1.54) is 18.2 Å². The van der Waals surface area contributed by atoms with Crippen LogP contribution in [0.1, 0.15) is 12.5 Å². The fourth-order valence-corrected chi connectivity index (χ4v) is 5.05. The molecule has 2 N–H and O–H groups in total. The second kappa shape index (κ2) is 11.2. The zero-order chi connectivity index (χ0) is 24.0. The molecule has 1 amide bonds. The van der Waals surface area contributed by atoms with Crippen LogP contribution in [0, 0.1) is 0 Å². The highest BCUT2D eigenvalue weighted by atomic mass is 35.5. The first-order valence-electron chi connectivity index (χ1n) is 9.94. The largest absolute Gasteiger partial charge is 0.492 e. The van der Waals surface area contributed by atoms with Gasteiger partial charge in [-0.15, -0.1) is 0 Å². The van der Waals surface area contributed by atoms with Crippen molar-refractivity contribution in [2.45, 2.75) is 24.3 Å². The minimum atomic E-state index is -4.11. The Morgan fingerprint density at radius 3 is 2.21 bits per heavy atom. The lowest BCUT2D eigenvalue weighted by molar-refractivity contribution is -0.117. The van der Waals surface area contributed by atoms with Crippen molar-refractivity contribution >= 4 is 56.4 Å². The molecule has 0 aliphatic carbocycles. The maximum absolute atomic E-state index is 13.1. The number of para-hydroxylation sites is 1. The van der Waals surface area contributed by atoms with Gasteiger partial charge in [-0.1, -0.05) is 71.2 Å². The number of hydrogen-bond acceptors (Lipinski definition) is 4. The molecule has 3 aromatic carbocycles. The van der Waals surface area contributed by atoms with Gasteiger partial charge in [0.05, 0.1) is 32.3 Å². The number of nitrogens with one attached hydrogen (secondary N) is 2. The first-order chi connectivity index (χ1) is 15.7. The lowest BCUT2D eigenvalue weighted by atomic mass is 10.1. The Hall–Kier alpha value is -2.29. The van der Waals surface area contributed by atoms with Crippen LogP contribution in [0.25, 0.3) is 0 Å². The highest BCUT2D eigenvalue weighted by Gasteiger charge is 2.27. The number of hydrogen-bond donors (Lipinski definition) is 2. The second-order valence-corrected chi connectivity index (χ2v) is 9.91. The quantitative estimate of drug-likeness (QED) is 0.381. The van der Waals surface area contributed by atoms with Gasteiger partial charge < -0.3 is 10.1 Å². The predicted molar refractivity (Wildman–Crippen MR) is 132 cm³/mol. The van der Waals surface area contributed by atoms with E-state index in [0.717, 1.165) is 5.56 Å². The van der Waals surface area contributed by atoms with E-state index in [2.05, 4.69) is 10.0 Å². The van der Waals surface area contributed by atoms with E-state index >= 15 is 0 Å². The smallest absolute Gasteiger partial charge is 0.242 e. The van der Waals surface area contributed by atoms with Crippen LogP contribution in [0.2, 0.25) is 15.1 Å². The van der Waals surface area contributed by atoms with Crippen LogP contribution in [0.5, 0.6) is 5.75 Å². The lowest BCUT2D eigenvalue weighted by Crippen LogP contribution is -2.45. The molecule has 1 atom stereocenters. The van der Waals surface area contributed by atoms with Crippen molar-refractivity contribution in [3.05, 3.63) is 87.4 Å². The molecule has 1 unspecified atom stereocenters. The van der Waals surface area contributed by atoms with Gasteiger partial charge in [0.2, 0.25) is 15.9 Å². The Bertz CT molecular complexity index is 1220. The molecule has 3 aromatic rings. The summed E-state index contributed by atoms with van der Waals surface area (Å²) in [6, 6.07) is 16.8. The van der Waals surface area contributed by atoms with Crippen LogP contribution in [0.15, 0.2) is 71.6 Å². The standard InChI is InChI=1S/C23H21Cl3N2O4S/c1-2-32-21-12-11-16(14-19(21)26)33(30,31)28-20(13-15-7-4-3-5-8-15)23(29)27-22-17(24)9-6-10-18(22)25/h3-12,14,20,28H,2,13H2,1H3,(H,27,29). The maximum atomic E-state index is 13.1. The normalized spacial score (nSPS) is 12.2. The van der Waals surface area contributed by atoms with E-state index in [1.54, 1.807) is 49.4 Å². The molecule has 3 rings (SSSR count). The molecule has 0 saturated carbocycles. The topological polar surface area (TPSA) is 84.5 Å². The van der Waals surface area contributed by atoms with Gasteiger partial charge in [0, 0.05) is 0 Å². The number of ether oxygens (including phenoxy) is 1. The van der Waals surface area contributed by atoms with Crippen molar-refractivity contribution in [1.82, 2.24) is 4.72 Å². The minimum absolute atomic E-state index is 0.0960. The van der Waals surface area contributed by atoms with Gasteiger partial charge >= 0.3 is 0 Å². The lowest BCUT2D eigenvalue weighted by Gasteiger charge is -2.20. The zero-order valence-corrected chi connectivity index (χ0v) is 20.6. The van der Waals surface area contributed by atoms with Crippen molar-refractivity contribution < 1.29 is 17.9 Å². The Morgan fingerprint density at radius 2 is 1.61 bits per heavy atom. The van der Waals surface area contributed by atoms with E-state index < -0.39 is 22.0 Å². The zero-order valence-electron chi connectivity index (χ0n) is 17.5. The third kappa shape index (κ3) is 6.62. The summed E-state index contributed by atoms with van der Waals surface area (Å²) in [4.78, 5) is 13.0. The van der Waals surface area contributed by atoms with E-state index in [4.69, 9.17) is 39.5 Å². The van der Waals surface area contributed by atoms with Crippen LogP contribution in [0.4, 0.5) is 5.69 Å². The van der Waals surface area contributed by atoms with Crippen molar-refractivity contribution in [2.24, 2.45) is 0 Å². The first kappa shape index (κ1) is 25.3. The third-order valence-corrected chi connectivity index (χ3v) is 7.02. The van der Waals surface area contributed by atoms with E-state index in [1.807, 2.05) is 6.07 Å². The van der Waals surface area contributed by atoms with Gasteiger partial charge in [-0.2, -0.15) is 4.72 Å². The van der Waals surface area contributed by atoms with E-state index in [9.17, 15) is 13.2 Å². The second-order valence-electron chi connectivity index (χ2n) is 6.97. The molecule has 174 valence electrons. The Kier molecular flexibility index (Phi) is 8.62. The summed E-state index contributed by atoms with van der Waals surface area (Å²) < 4.78 is 34.0. The molecule has 0 bridgehead atoms.